The van der Waals surface area contributed by atoms with Crippen molar-refractivity contribution in [2.45, 2.75) is 90.0 Å². The van der Waals surface area contributed by atoms with Crippen LogP contribution >= 0.6 is 0 Å². The van der Waals surface area contributed by atoms with Gasteiger partial charge in [-0.1, -0.05) is 47.0 Å². The van der Waals surface area contributed by atoms with Crippen LogP contribution in [0.25, 0.3) is 0 Å². The Morgan fingerprint density at radius 2 is 1.41 bits per heavy atom. The Morgan fingerprint density at radius 3 is 1.94 bits per heavy atom. The van der Waals surface area contributed by atoms with Crippen molar-refractivity contribution in [1.82, 2.24) is 0 Å². The van der Waals surface area contributed by atoms with Gasteiger partial charge in [0.15, 0.2) is 8.32 Å². The molecule has 32 heavy (non-hydrogen) atoms. The van der Waals surface area contributed by atoms with Crippen LogP contribution in [-0.4, -0.2) is 19.9 Å². The van der Waals surface area contributed by atoms with Gasteiger partial charge in [-0.15, -0.1) is 0 Å². The van der Waals surface area contributed by atoms with Crippen LogP contribution in [-0.2, 0) is 9.22 Å². The first-order valence-electron chi connectivity index (χ1n) is 11.0. The molecule has 2 aliphatic rings. The van der Waals surface area contributed by atoms with Gasteiger partial charge in [0.1, 0.15) is 0 Å². The van der Waals surface area contributed by atoms with Crippen LogP contribution in [0.15, 0.2) is 0 Å². The zero-order chi connectivity index (χ0) is 24.3. The molecule has 3 atom stereocenters. The Morgan fingerprint density at radius 1 is 0.906 bits per heavy atom. The summed E-state index contributed by atoms with van der Waals surface area (Å²) >= 11 is 0. The number of carbonyl (C=O) groups is 1. The molecule has 2 fully saturated rings. The van der Waals surface area contributed by atoms with Gasteiger partial charge < -0.3 is 9.16 Å². The number of halogens is 5. The molecule has 3 rings (SSSR count). The third-order valence-corrected chi connectivity index (χ3v) is 12.4. The maximum atomic E-state index is 14.1. The highest BCUT2D eigenvalue weighted by Gasteiger charge is 2.68. The van der Waals surface area contributed by atoms with E-state index in [0.29, 0.717) is 12.8 Å². The first-order chi connectivity index (χ1) is 14.6. The van der Waals surface area contributed by atoms with E-state index in [1.54, 1.807) is 0 Å². The van der Waals surface area contributed by atoms with E-state index in [9.17, 15) is 26.7 Å². The molecule has 0 aromatic heterocycles. The van der Waals surface area contributed by atoms with Gasteiger partial charge in [0.2, 0.25) is 34.8 Å². The molecule has 2 saturated carbocycles. The van der Waals surface area contributed by atoms with Gasteiger partial charge in [0.05, 0.1) is 11.5 Å². The number of hydrogen-bond acceptors (Lipinski definition) is 3. The fourth-order valence-electron chi connectivity index (χ4n) is 4.92. The van der Waals surface area contributed by atoms with E-state index in [1.807, 2.05) is 6.92 Å². The third-order valence-electron chi connectivity index (χ3n) is 7.92. The van der Waals surface area contributed by atoms with E-state index in [0.717, 1.165) is 25.7 Å². The maximum absolute atomic E-state index is 14.1. The summed E-state index contributed by atoms with van der Waals surface area (Å²) in [6.07, 6.45) is 4.53. The second-order valence-electron chi connectivity index (χ2n) is 11.0. The molecule has 1 aromatic carbocycles. The Kier molecular flexibility index (Phi) is 6.35. The quantitative estimate of drug-likeness (QED) is 0.116. The van der Waals surface area contributed by atoms with Crippen LogP contribution in [0, 0.1) is 40.4 Å². The molecule has 2 aliphatic carbocycles. The lowest BCUT2D eigenvalue weighted by Gasteiger charge is -2.64. The smallest absolute Gasteiger partial charge is 0.317 e. The highest BCUT2D eigenvalue weighted by atomic mass is 28.4. The molecule has 0 aliphatic heterocycles. The Balaban J connectivity index is 1.99. The molecule has 0 N–H and O–H groups in total. The average molecular weight is 479 g/mol. The minimum Gasteiger partial charge on any atom is -0.420 e. The normalized spacial score (nSPS) is 28.5. The van der Waals surface area contributed by atoms with Crippen molar-refractivity contribution >= 4 is 14.3 Å². The van der Waals surface area contributed by atoms with Gasteiger partial charge in [-0.05, 0) is 42.8 Å². The minimum atomic E-state index is -2.38. The SMILES string of the molecule is CC(C)(C)[Si](C)(C)O[C@]12CCCCC[C@@]1(C)C[C@H]2C(=O)Oc1c(F)c(F)c(F)c(F)c1F. The molecule has 0 unspecified atom stereocenters. The Labute approximate surface area is 186 Å². The molecular formula is C23H31F5O3Si. The lowest BCUT2D eigenvalue weighted by Crippen LogP contribution is -2.70. The van der Waals surface area contributed by atoms with Crippen LogP contribution < -0.4 is 4.74 Å². The van der Waals surface area contributed by atoms with Crippen molar-refractivity contribution < 1.29 is 35.9 Å². The van der Waals surface area contributed by atoms with Crippen molar-refractivity contribution in [2.75, 3.05) is 0 Å². The summed E-state index contributed by atoms with van der Waals surface area (Å²) < 4.78 is 80.5. The number of esters is 1. The second kappa shape index (κ2) is 8.08. The van der Waals surface area contributed by atoms with E-state index in [-0.39, 0.29) is 10.5 Å². The zero-order valence-electron chi connectivity index (χ0n) is 19.4. The molecular weight excluding hydrogens is 447 g/mol. The van der Waals surface area contributed by atoms with Gasteiger partial charge in [-0.3, -0.25) is 4.79 Å². The number of carbonyl (C=O) groups excluding carboxylic acids is 1. The Hall–Kier alpha value is -1.48. The van der Waals surface area contributed by atoms with E-state index >= 15 is 0 Å². The molecule has 0 amide bonds. The fourth-order valence-corrected chi connectivity index (χ4v) is 6.63. The monoisotopic (exact) mass is 478 g/mol. The Bertz CT molecular complexity index is 900. The topological polar surface area (TPSA) is 35.5 Å². The lowest BCUT2D eigenvalue weighted by molar-refractivity contribution is -0.212. The molecule has 3 nitrogen and oxygen atoms in total. The largest absolute Gasteiger partial charge is 0.420 e. The van der Waals surface area contributed by atoms with E-state index in [1.165, 1.54) is 0 Å². The standard InChI is InChI=1S/C23H31F5O3Si/c1-21(2,3)32(5,6)31-23-11-9-7-8-10-22(23,4)12-13(23)20(29)30-19-17(27)15(25)14(24)16(26)18(19)28/h13H,7-12H2,1-6H3/t13-,22-,23-/m0/s1. The molecule has 9 heteroatoms. The summed E-state index contributed by atoms with van der Waals surface area (Å²) in [6.45, 7) is 12.4. The second-order valence-corrected chi connectivity index (χ2v) is 15.7. The molecule has 1 aromatic rings. The van der Waals surface area contributed by atoms with E-state index in [4.69, 9.17) is 9.16 Å². The van der Waals surface area contributed by atoms with E-state index in [2.05, 4.69) is 33.9 Å². The van der Waals surface area contributed by atoms with Crippen molar-refractivity contribution in [3.8, 4) is 5.75 Å². The van der Waals surface area contributed by atoms with Crippen molar-refractivity contribution in [3.05, 3.63) is 29.1 Å². The third kappa shape index (κ3) is 3.79. The predicted octanol–water partition coefficient (Wildman–Crippen LogP) is 7.04. The van der Waals surface area contributed by atoms with Crippen LogP contribution in [0.5, 0.6) is 5.75 Å². The molecule has 0 radical (unpaired) electrons. The van der Waals surface area contributed by atoms with E-state index < -0.39 is 60.6 Å². The van der Waals surface area contributed by atoms with Crippen LogP contribution in [0.1, 0.15) is 66.2 Å². The molecule has 0 bridgehead atoms. The highest BCUT2D eigenvalue weighted by molar-refractivity contribution is 6.74. The fraction of sp³-hybridized carbons (Fsp3) is 0.696. The van der Waals surface area contributed by atoms with Crippen molar-refractivity contribution in [1.29, 1.82) is 0 Å². The van der Waals surface area contributed by atoms with Gasteiger partial charge in [0, 0.05) is 0 Å². The van der Waals surface area contributed by atoms with Gasteiger partial charge >= 0.3 is 5.97 Å². The minimum absolute atomic E-state index is 0.152. The first-order valence-corrected chi connectivity index (χ1v) is 13.9. The summed E-state index contributed by atoms with van der Waals surface area (Å²) in [4.78, 5) is 13.1. The molecule has 0 spiro atoms. The average Bonchev–Trinajstić information content (AvgIpc) is 2.80. The first kappa shape index (κ1) is 25.1. The van der Waals surface area contributed by atoms with Gasteiger partial charge in [-0.25, -0.2) is 13.2 Å². The number of rotatable bonds is 4. The highest BCUT2D eigenvalue weighted by Crippen LogP contribution is 2.64. The predicted molar refractivity (Wildman–Crippen MR) is 112 cm³/mol. The van der Waals surface area contributed by atoms with Gasteiger partial charge in [0.25, 0.3) is 0 Å². The van der Waals surface area contributed by atoms with Gasteiger partial charge in [-0.2, -0.15) is 8.78 Å². The summed E-state index contributed by atoms with van der Waals surface area (Å²) in [5, 5.41) is -0.152. The number of hydrogen-bond donors (Lipinski definition) is 0. The summed E-state index contributed by atoms with van der Waals surface area (Å²) in [7, 11) is -2.38. The van der Waals surface area contributed by atoms with Crippen LogP contribution in [0.2, 0.25) is 18.1 Å². The van der Waals surface area contributed by atoms with Crippen LogP contribution in [0.3, 0.4) is 0 Å². The number of ether oxygens (including phenoxy) is 1. The lowest BCUT2D eigenvalue weighted by atomic mass is 9.49. The number of fused-ring (bicyclic) bond motifs is 1. The van der Waals surface area contributed by atoms with Crippen LogP contribution in [0.4, 0.5) is 22.0 Å². The number of benzene rings is 1. The van der Waals surface area contributed by atoms with Crippen molar-refractivity contribution in [3.63, 3.8) is 0 Å². The summed E-state index contributed by atoms with van der Waals surface area (Å²) in [5.41, 5.74) is -1.23. The summed E-state index contributed by atoms with van der Waals surface area (Å²) in [5.74, 6) is -14.3. The zero-order valence-corrected chi connectivity index (χ0v) is 20.4. The summed E-state index contributed by atoms with van der Waals surface area (Å²) in [6, 6.07) is 0. The molecule has 0 saturated heterocycles. The van der Waals surface area contributed by atoms with Crippen molar-refractivity contribution in [2.24, 2.45) is 11.3 Å². The molecule has 180 valence electrons. The maximum Gasteiger partial charge on any atom is 0.317 e. The molecule has 0 heterocycles.